The molecule has 1 amide bonds. The maximum Gasteiger partial charge on any atom is 0.220 e. The first-order chi connectivity index (χ1) is 13.4. The summed E-state index contributed by atoms with van der Waals surface area (Å²) in [6, 6.07) is 4.41. The van der Waals surface area contributed by atoms with Crippen LogP contribution in [0.5, 0.6) is 0 Å². The normalized spacial score (nSPS) is 16.3. The first kappa shape index (κ1) is 25.5. The number of hydrogen-bond donors (Lipinski definition) is 3. The predicted molar refractivity (Wildman–Crippen MR) is 131 cm³/mol. The molecule has 1 atom stereocenters. The summed E-state index contributed by atoms with van der Waals surface area (Å²) in [5, 5.41) is 6.87. The minimum Gasteiger partial charge on any atom is -0.369 e. The fourth-order valence-corrected chi connectivity index (χ4v) is 3.49. The van der Waals surface area contributed by atoms with Crippen LogP contribution >= 0.6 is 24.0 Å². The summed E-state index contributed by atoms with van der Waals surface area (Å²) >= 11 is 0. The van der Waals surface area contributed by atoms with Gasteiger partial charge in [-0.25, -0.2) is 4.98 Å². The molecule has 164 valence electrons. The second-order valence-electron chi connectivity index (χ2n) is 8.09. The van der Waals surface area contributed by atoms with Crippen molar-refractivity contribution >= 4 is 41.7 Å². The van der Waals surface area contributed by atoms with E-state index in [0.717, 1.165) is 49.7 Å². The van der Waals surface area contributed by atoms with E-state index in [0.29, 0.717) is 18.5 Å². The molecule has 2 rings (SSSR count). The maximum atomic E-state index is 11.4. The molecule has 1 aliphatic heterocycles. The van der Waals surface area contributed by atoms with Gasteiger partial charge in [0.15, 0.2) is 5.96 Å². The second-order valence-corrected chi connectivity index (χ2v) is 8.09. The molecule has 7 nitrogen and oxygen atoms in total. The molecule has 1 fully saturated rings. The Hall–Kier alpha value is -1.58. The lowest BCUT2D eigenvalue weighted by atomic mass is 9.96. The molecule has 1 unspecified atom stereocenters. The summed E-state index contributed by atoms with van der Waals surface area (Å²) in [5.41, 5.74) is 6.57. The zero-order valence-corrected chi connectivity index (χ0v) is 20.5. The fraction of sp³-hybridized carbons (Fsp3) is 0.667. The molecule has 1 saturated heterocycles. The molecular weight excluding hydrogens is 479 g/mol. The van der Waals surface area contributed by atoms with Crippen molar-refractivity contribution < 1.29 is 4.79 Å². The van der Waals surface area contributed by atoms with Crippen molar-refractivity contribution in [1.82, 2.24) is 15.6 Å². The van der Waals surface area contributed by atoms with E-state index in [9.17, 15) is 4.79 Å². The summed E-state index contributed by atoms with van der Waals surface area (Å²) in [7, 11) is 1.79. The van der Waals surface area contributed by atoms with E-state index in [1.54, 1.807) is 7.05 Å². The van der Waals surface area contributed by atoms with Gasteiger partial charge in [0.05, 0.1) is 0 Å². The van der Waals surface area contributed by atoms with Crippen LogP contribution in [0.25, 0.3) is 0 Å². The molecule has 1 aromatic rings. The zero-order chi connectivity index (χ0) is 20.5. The number of aliphatic imine (C=N–C) groups is 1. The van der Waals surface area contributed by atoms with E-state index in [4.69, 9.17) is 5.73 Å². The third-order valence-electron chi connectivity index (χ3n) is 5.29. The van der Waals surface area contributed by atoms with Crippen LogP contribution in [0.15, 0.2) is 23.3 Å². The van der Waals surface area contributed by atoms with E-state index >= 15 is 0 Å². The highest BCUT2D eigenvalue weighted by Gasteiger charge is 2.25. The lowest BCUT2D eigenvalue weighted by molar-refractivity contribution is -0.122. The van der Waals surface area contributed by atoms with E-state index in [1.807, 2.05) is 12.3 Å². The monoisotopic (exact) mass is 516 g/mol. The van der Waals surface area contributed by atoms with E-state index in [1.165, 1.54) is 6.42 Å². The Labute approximate surface area is 192 Å². The molecule has 4 N–H and O–H groups in total. The number of anilines is 1. The number of primary amides is 1. The molecule has 0 saturated carbocycles. The second kappa shape index (κ2) is 12.9. The van der Waals surface area contributed by atoms with Crippen molar-refractivity contribution in [2.75, 3.05) is 25.0 Å². The molecule has 0 radical (unpaired) electrons. The fourth-order valence-electron chi connectivity index (χ4n) is 3.49. The number of halogens is 1. The molecule has 2 heterocycles. The van der Waals surface area contributed by atoms with Crippen LogP contribution in [-0.4, -0.2) is 43.0 Å². The number of amides is 1. The summed E-state index contributed by atoms with van der Waals surface area (Å²) in [4.78, 5) is 22.6. The minimum atomic E-state index is -0.191. The van der Waals surface area contributed by atoms with Crippen molar-refractivity contribution in [3.05, 3.63) is 23.9 Å². The van der Waals surface area contributed by atoms with Crippen molar-refractivity contribution in [3.63, 3.8) is 0 Å². The van der Waals surface area contributed by atoms with Gasteiger partial charge >= 0.3 is 0 Å². The Morgan fingerprint density at radius 1 is 1.31 bits per heavy atom. The highest BCUT2D eigenvalue weighted by atomic mass is 127. The number of aromatic nitrogens is 1. The lowest BCUT2D eigenvalue weighted by Crippen LogP contribution is -2.42. The van der Waals surface area contributed by atoms with E-state index in [2.05, 4.69) is 52.3 Å². The van der Waals surface area contributed by atoms with Crippen LogP contribution in [0.2, 0.25) is 0 Å². The van der Waals surface area contributed by atoms with Gasteiger partial charge in [-0.2, -0.15) is 0 Å². The number of guanidine groups is 1. The number of nitrogens with two attached hydrogens (primary N) is 1. The number of carbonyl (C=O) groups is 1. The number of carbonyl (C=O) groups excluding carboxylic acids is 1. The molecular formula is C21H37IN6O. The third kappa shape index (κ3) is 8.36. The average molecular weight is 516 g/mol. The van der Waals surface area contributed by atoms with Gasteiger partial charge in [0, 0.05) is 50.4 Å². The number of piperidine rings is 1. The van der Waals surface area contributed by atoms with Gasteiger partial charge in [0.25, 0.3) is 0 Å². The SMILES string of the molecule is CN=C(NCc1cccnc1N1CCC(C(N)=O)CC1)NC(C)CCC(C)C.I. The summed E-state index contributed by atoms with van der Waals surface area (Å²) in [6.45, 7) is 8.93. The Balaban J connectivity index is 0.00000420. The first-order valence-electron chi connectivity index (χ1n) is 10.4. The number of hydrogen-bond acceptors (Lipinski definition) is 4. The largest absolute Gasteiger partial charge is 0.369 e. The Kier molecular flexibility index (Phi) is 11.3. The Bertz CT molecular complexity index is 658. The maximum absolute atomic E-state index is 11.4. The summed E-state index contributed by atoms with van der Waals surface area (Å²) < 4.78 is 0. The van der Waals surface area contributed by atoms with Gasteiger partial charge < -0.3 is 21.3 Å². The highest BCUT2D eigenvalue weighted by Crippen LogP contribution is 2.24. The predicted octanol–water partition coefficient (Wildman–Crippen LogP) is 2.89. The number of nitrogens with zero attached hydrogens (tertiary/aromatic N) is 3. The standard InChI is InChI=1S/C21H36N6O.HI/c1-15(2)7-8-16(3)26-21(23-4)25-14-18-6-5-11-24-20(18)27-12-9-17(10-13-27)19(22)28;/h5-6,11,15-17H,7-10,12-14H2,1-4H3,(H2,22,28)(H2,23,25,26);1H. The summed E-state index contributed by atoms with van der Waals surface area (Å²) in [5.74, 6) is 2.27. The summed E-state index contributed by atoms with van der Waals surface area (Å²) in [6.07, 6.45) is 5.70. The van der Waals surface area contributed by atoms with E-state index in [-0.39, 0.29) is 35.8 Å². The molecule has 8 heteroatoms. The lowest BCUT2D eigenvalue weighted by Gasteiger charge is -2.32. The van der Waals surface area contributed by atoms with Crippen LogP contribution < -0.4 is 21.3 Å². The van der Waals surface area contributed by atoms with Crippen molar-refractivity contribution in [2.45, 2.75) is 59.0 Å². The first-order valence-corrected chi connectivity index (χ1v) is 10.4. The van der Waals surface area contributed by atoms with Crippen LogP contribution in [0.1, 0.15) is 52.0 Å². The molecule has 29 heavy (non-hydrogen) atoms. The minimum absolute atomic E-state index is 0. The smallest absolute Gasteiger partial charge is 0.220 e. The Morgan fingerprint density at radius 3 is 2.59 bits per heavy atom. The van der Waals surface area contributed by atoms with Crippen molar-refractivity contribution in [3.8, 4) is 0 Å². The molecule has 1 aliphatic rings. The van der Waals surface area contributed by atoms with Crippen LogP contribution in [0, 0.1) is 11.8 Å². The van der Waals surface area contributed by atoms with Crippen molar-refractivity contribution in [1.29, 1.82) is 0 Å². The zero-order valence-electron chi connectivity index (χ0n) is 18.1. The molecule has 1 aromatic heterocycles. The quantitative estimate of drug-likeness (QED) is 0.281. The van der Waals surface area contributed by atoms with Crippen LogP contribution in [0.3, 0.4) is 0 Å². The van der Waals surface area contributed by atoms with Crippen LogP contribution in [0.4, 0.5) is 5.82 Å². The number of rotatable bonds is 8. The number of nitrogens with one attached hydrogen (secondary N) is 2. The van der Waals surface area contributed by atoms with Gasteiger partial charge in [-0.05, 0) is 44.6 Å². The molecule has 0 aromatic carbocycles. The van der Waals surface area contributed by atoms with Gasteiger partial charge in [-0.3, -0.25) is 9.79 Å². The van der Waals surface area contributed by atoms with Gasteiger partial charge in [-0.15, -0.1) is 24.0 Å². The highest BCUT2D eigenvalue weighted by molar-refractivity contribution is 14.0. The third-order valence-corrected chi connectivity index (χ3v) is 5.29. The molecule has 0 spiro atoms. The van der Waals surface area contributed by atoms with Gasteiger partial charge in [-0.1, -0.05) is 19.9 Å². The number of pyridine rings is 1. The molecule has 0 bridgehead atoms. The topological polar surface area (TPSA) is 95.6 Å². The average Bonchev–Trinajstić information content (AvgIpc) is 2.69. The molecule has 0 aliphatic carbocycles. The van der Waals surface area contributed by atoms with Gasteiger partial charge in [0.2, 0.25) is 5.91 Å². The Morgan fingerprint density at radius 2 is 2.00 bits per heavy atom. The van der Waals surface area contributed by atoms with Gasteiger partial charge in [0.1, 0.15) is 5.82 Å². The van der Waals surface area contributed by atoms with Crippen LogP contribution in [-0.2, 0) is 11.3 Å². The van der Waals surface area contributed by atoms with E-state index < -0.39 is 0 Å². The van der Waals surface area contributed by atoms with Crippen molar-refractivity contribution in [2.24, 2.45) is 22.6 Å².